The van der Waals surface area contributed by atoms with E-state index in [0.29, 0.717) is 42.2 Å². The Kier molecular flexibility index (Phi) is 6.56. The van der Waals surface area contributed by atoms with E-state index in [1.54, 1.807) is 0 Å². The SMILES string of the molecule is CCCOc1ccc(C2=C(N3CC(C)OC(C)C3)C(=O)N(c3cc(C)cc(C)c3)C2=O)cc1. The van der Waals surface area contributed by atoms with Crippen molar-refractivity contribution in [1.82, 2.24) is 4.90 Å². The second-order valence-electron chi connectivity index (χ2n) is 9.05. The molecule has 4 rings (SSSR count). The minimum Gasteiger partial charge on any atom is -0.494 e. The highest BCUT2D eigenvalue weighted by molar-refractivity contribution is 6.45. The lowest BCUT2D eigenvalue weighted by molar-refractivity contribution is -0.121. The lowest BCUT2D eigenvalue weighted by Gasteiger charge is -2.37. The van der Waals surface area contributed by atoms with Crippen LogP contribution in [0.2, 0.25) is 0 Å². The van der Waals surface area contributed by atoms with Crippen LogP contribution in [0.5, 0.6) is 5.75 Å². The highest BCUT2D eigenvalue weighted by Gasteiger charge is 2.44. The average Bonchev–Trinajstić information content (AvgIpc) is 3.01. The van der Waals surface area contributed by atoms with Gasteiger partial charge in [-0.25, -0.2) is 4.90 Å². The zero-order chi connectivity index (χ0) is 23.7. The topological polar surface area (TPSA) is 59.1 Å². The molecule has 0 aliphatic carbocycles. The molecule has 0 bridgehead atoms. The van der Waals surface area contributed by atoms with E-state index in [4.69, 9.17) is 9.47 Å². The first-order valence-corrected chi connectivity index (χ1v) is 11.6. The Bertz CT molecular complexity index is 1060. The molecule has 33 heavy (non-hydrogen) atoms. The Hall–Kier alpha value is -3.12. The van der Waals surface area contributed by atoms with Crippen LogP contribution in [0.1, 0.15) is 43.9 Å². The van der Waals surface area contributed by atoms with Crippen molar-refractivity contribution >= 4 is 23.1 Å². The van der Waals surface area contributed by atoms with Crippen molar-refractivity contribution in [3.05, 3.63) is 64.9 Å². The van der Waals surface area contributed by atoms with Crippen LogP contribution in [-0.4, -0.2) is 48.6 Å². The minimum absolute atomic E-state index is 0.0366. The summed E-state index contributed by atoms with van der Waals surface area (Å²) in [6, 6.07) is 13.2. The first-order valence-electron chi connectivity index (χ1n) is 11.6. The first kappa shape index (κ1) is 23.1. The second kappa shape index (κ2) is 9.40. The Morgan fingerprint density at radius 1 is 0.939 bits per heavy atom. The number of hydrogen-bond acceptors (Lipinski definition) is 5. The number of hydrogen-bond donors (Lipinski definition) is 0. The van der Waals surface area contributed by atoms with Gasteiger partial charge in [-0.1, -0.05) is 25.1 Å². The molecule has 2 aromatic carbocycles. The summed E-state index contributed by atoms with van der Waals surface area (Å²) in [6.45, 7) is 11.7. The molecule has 2 heterocycles. The number of carbonyl (C=O) groups is 2. The largest absolute Gasteiger partial charge is 0.494 e. The maximum absolute atomic E-state index is 13.8. The summed E-state index contributed by atoms with van der Waals surface area (Å²) in [4.78, 5) is 30.9. The van der Waals surface area contributed by atoms with Crippen LogP contribution in [0.25, 0.3) is 5.57 Å². The molecule has 0 saturated carbocycles. The molecule has 2 aromatic rings. The number of nitrogens with zero attached hydrogens (tertiary/aromatic N) is 2. The highest BCUT2D eigenvalue weighted by atomic mass is 16.5. The van der Waals surface area contributed by atoms with Crippen molar-refractivity contribution in [2.75, 3.05) is 24.6 Å². The van der Waals surface area contributed by atoms with Crippen LogP contribution in [0.4, 0.5) is 5.69 Å². The van der Waals surface area contributed by atoms with Gasteiger partial charge in [0.05, 0.1) is 30.1 Å². The molecular weight excluding hydrogens is 416 g/mol. The highest BCUT2D eigenvalue weighted by Crippen LogP contribution is 2.37. The number of carbonyl (C=O) groups excluding carboxylic acids is 2. The van der Waals surface area contributed by atoms with Crippen LogP contribution >= 0.6 is 0 Å². The monoisotopic (exact) mass is 448 g/mol. The molecule has 2 aliphatic rings. The Morgan fingerprint density at radius 3 is 2.12 bits per heavy atom. The number of anilines is 1. The van der Waals surface area contributed by atoms with Gasteiger partial charge in [0.15, 0.2) is 0 Å². The number of ether oxygens (including phenoxy) is 2. The third kappa shape index (κ3) is 4.67. The van der Waals surface area contributed by atoms with E-state index in [0.717, 1.165) is 23.3 Å². The van der Waals surface area contributed by atoms with E-state index in [1.165, 1.54) is 4.90 Å². The quantitative estimate of drug-likeness (QED) is 0.610. The van der Waals surface area contributed by atoms with Gasteiger partial charge in [-0.3, -0.25) is 9.59 Å². The van der Waals surface area contributed by atoms with Gasteiger partial charge >= 0.3 is 0 Å². The molecular formula is C27H32N2O4. The van der Waals surface area contributed by atoms with Gasteiger partial charge in [0.2, 0.25) is 0 Å². The summed E-state index contributed by atoms with van der Waals surface area (Å²) in [5.41, 5.74) is 4.21. The maximum Gasteiger partial charge on any atom is 0.282 e. The van der Waals surface area contributed by atoms with E-state index < -0.39 is 0 Å². The molecule has 0 spiro atoms. The van der Waals surface area contributed by atoms with Crippen molar-refractivity contribution in [3.63, 3.8) is 0 Å². The van der Waals surface area contributed by atoms with Gasteiger partial charge in [0.25, 0.3) is 11.8 Å². The van der Waals surface area contributed by atoms with Gasteiger partial charge in [0, 0.05) is 13.1 Å². The summed E-state index contributed by atoms with van der Waals surface area (Å²) in [7, 11) is 0. The fraction of sp³-hybridized carbons (Fsp3) is 0.407. The van der Waals surface area contributed by atoms with E-state index in [1.807, 2.05) is 75.1 Å². The van der Waals surface area contributed by atoms with Gasteiger partial charge in [-0.15, -0.1) is 0 Å². The number of morpholine rings is 1. The van der Waals surface area contributed by atoms with Gasteiger partial charge in [0.1, 0.15) is 11.4 Å². The predicted molar refractivity (Wildman–Crippen MR) is 129 cm³/mol. The summed E-state index contributed by atoms with van der Waals surface area (Å²) in [6.07, 6.45) is 0.846. The zero-order valence-corrected chi connectivity index (χ0v) is 20.1. The van der Waals surface area contributed by atoms with Crippen LogP contribution in [0.3, 0.4) is 0 Å². The van der Waals surface area contributed by atoms with Crippen LogP contribution < -0.4 is 9.64 Å². The molecule has 6 heteroatoms. The maximum atomic E-state index is 13.8. The summed E-state index contributed by atoms with van der Waals surface area (Å²) in [5.74, 6) is 0.168. The fourth-order valence-electron chi connectivity index (χ4n) is 4.68. The Balaban J connectivity index is 1.79. The lowest BCUT2D eigenvalue weighted by Crippen LogP contribution is -2.47. The molecule has 2 amide bonds. The summed E-state index contributed by atoms with van der Waals surface area (Å²) >= 11 is 0. The van der Waals surface area contributed by atoms with Gasteiger partial charge < -0.3 is 14.4 Å². The molecule has 2 aliphatic heterocycles. The van der Waals surface area contributed by atoms with Crippen molar-refractivity contribution < 1.29 is 19.1 Å². The van der Waals surface area contributed by atoms with Crippen molar-refractivity contribution in [3.8, 4) is 5.75 Å². The van der Waals surface area contributed by atoms with Crippen LogP contribution in [0.15, 0.2) is 48.2 Å². The van der Waals surface area contributed by atoms with Crippen LogP contribution in [-0.2, 0) is 14.3 Å². The number of amides is 2. The van der Waals surface area contributed by atoms with Gasteiger partial charge in [-0.2, -0.15) is 0 Å². The smallest absolute Gasteiger partial charge is 0.282 e. The molecule has 1 fully saturated rings. The molecule has 0 aromatic heterocycles. The molecule has 174 valence electrons. The van der Waals surface area contributed by atoms with E-state index in [2.05, 4.69) is 6.92 Å². The summed E-state index contributed by atoms with van der Waals surface area (Å²) in [5, 5.41) is 0. The Labute approximate surface area is 195 Å². The van der Waals surface area contributed by atoms with E-state index in [9.17, 15) is 9.59 Å². The molecule has 1 saturated heterocycles. The van der Waals surface area contributed by atoms with Crippen molar-refractivity contribution in [2.45, 2.75) is 53.2 Å². The average molecular weight is 449 g/mol. The van der Waals surface area contributed by atoms with E-state index in [-0.39, 0.29) is 24.0 Å². The molecule has 6 nitrogen and oxygen atoms in total. The second-order valence-corrected chi connectivity index (χ2v) is 9.05. The zero-order valence-electron chi connectivity index (χ0n) is 20.1. The van der Waals surface area contributed by atoms with E-state index >= 15 is 0 Å². The molecule has 2 atom stereocenters. The first-order chi connectivity index (χ1) is 15.8. The number of aryl methyl sites for hydroxylation is 2. The normalized spacial score (nSPS) is 21.2. The molecule has 0 N–H and O–H groups in total. The van der Waals surface area contributed by atoms with Gasteiger partial charge in [-0.05, 0) is 75.1 Å². The number of rotatable bonds is 6. The van der Waals surface area contributed by atoms with Crippen LogP contribution in [0, 0.1) is 13.8 Å². The number of imide groups is 1. The molecule has 0 radical (unpaired) electrons. The standard InChI is InChI=1S/C27H32N2O4/c1-6-11-32-23-9-7-21(8-10-23)24-25(28-15-19(4)33-20(5)16-28)27(31)29(26(24)30)22-13-17(2)12-18(3)14-22/h7-10,12-14,19-20H,6,11,15-16H2,1-5H3. The lowest BCUT2D eigenvalue weighted by atomic mass is 10.0. The van der Waals surface area contributed by atoms with Crippen molar-refractivity contribution in [1.29, 1.82) is 0 Å². The Morgan fingerprint density at radius 2 is 1.55 bits per heavy atom. The minimum atomic E-state index is -0.297. The van der Waals surface area contributed by atoms with Crippen molar-refractivity contribution in [2.24, 2.45) is 0 Å². The third-order valence-electron chi connectivity index (χ3n) is 5.88. The number of benzene rings is 2. The predicted octanol–water partition coefficient (Wildman–Crippen LogP) is 4.49. The molecule has 2 unspecified atom stereocenters. The third-order valence-corrected chi connectivity index (χ3v) is 5.88. The fourth-order valence-corrected chi connectivity index (χ4v) is 4.68. The summed E-state index contributed by atoms with van der Waals surface area (Å²) < 4.78 is 11.6.